The smallest absolute Gasteiger partial charge is 0.224 e. The van der Waals surface area contributed by atoms with Crippen molar-refractivity contribution in [3.05, 3.63) is 6.33 Å². The maximum atomic E-state index is 8.95. The lowest BCUT2D eigenvalue weighted by molar-refractivity contribution is 0.277. The minimum Gasteiger partial charge on any atom is -0.395 e. The summed E-state index contributed by atoms with van der Waals surface area (Å²) in [4.78, 5) is 12.6. The number of aliphatic hydroxyl groups is 1. The molecule has 2 aromatic heterocycles. The molecule has 90 valence electrons. The highest BCUT2D eigenvalue weighted by molar-refractivity contribution is 5.84. The molecule has 4 N–H and O–H groups in total. The maximum Gasteiger partial charge on any atom is 0.224 e. The number of nitrogens with two attached hydrogens (primary N) is 1. The Morgan fingerprint density at radius 2 is 2.29 bits per heavy atom. The number of nitrogens with zero attached hydrogens (tertiary/aromatic N) is 4. The molecule has 1 saturated carbocycles. The number of fused-ring (bicyclic) bond motifs is 1. The van der Waals surface area contributed by atoms with Crippen LogP contribution in [0.15, 0.2) is 6.33 Å². The maximum absolute atomic E-state index is 8.95. The highest BCUT2D eigenvalue weighted by Gasteiger charge is 2.23. The minimum atomic E-state index is 0.0424. The van der Waals surface area contributed by atoms with E-state index >= 15 is 0 Å². The summed E-state index contributed by atoms with van der Waals surface area (Å²) in [7, 11) is 0. The lowest BCUT2D eigenvalue weighted by atomic mass is 10.4. The summed E-state index contributed by atoms with van der Waals surface area (Å²) < 4.78 is 1.77. The Morgan fingerprint density at radius 1 is 1.47 bits per heavy atom. The lowest BCUT2D eigenvalue weighted by Crippen LogP contribution is -2.08. The summed E-state index contributed by atoms with van der Waals surface area (Å²) in [6, 6.07) is 0.482. The van der Waals surface area contributed by atoms with Crippen LogP contribution in [0.4, 0.5) is 11.8 Å². The second kappa shape index (κ2) is 3.85. The van der Waals surface area contributed by atoms with Gasteiger partial charge in [0.2, 0.25) is 5.95 Å². The van der Waals surface area contributed by atoms with Crippen LogP contribution < -0.4 is 11.1 Å². The standard InChI is InChI=1S/C10H14N6O/c11-10-14-8(13-6-1-2-6)7-9(15-10)16(3-4-17)5-12-7/h5-6,17H,1-4H2,(H3,11,13,14,15). The van der Waals surface area contributed by atoms with Crippen LogP contribution in [-0.4, -0.2) is 37.3 Å². The van der Waals surface area contributed by atoms with E-state index in [0.717, 1.165) is 12.8 Å². The van der Waals surface area contributed by atoms with E-state index < -0.39 is 0 Å². The van der Waals surface area contributed by atoms with E-state index in [4.69, 9.17) is 10.8 Å². The van der Waals surface area contributed by atoms with Crippen LogP contribution in [-0.2, 0) is 6.54 Å². The largest absolute Gasteiger partial charge is 0.395 e. The third-order valence-electron chi connectivity index (χ3n) is 2.74. The van der Waals surface area contributed by atoms with Crippen LogP contribution in [0.2, 0.25) is 0 Å². The molecule has 1 aliphatic carbocycles. The zero-order valence-corrected chi connectivity index (χ0v) is 9.30. The summed E-state index contributed by atoms with van der Waals surface area (Å²) in [5, 5.41) is 12.2. The Bertz CT molecular complexity index is 547. The second-order valence-electron chi connectivity index (χ2n) is 4.18. The predicted molar refractivity (Wildman–Crippen MR) is 63.5 cm³/mol. The molecule has 0 saturated heterocycles. The minimum absolute atomic E-state index is 0.0424. The topological polar surface area (TPSA) is 102 Å². The molecule has 3 rings (SSSR count). The fourth-order valence-electron chi connectivity index (χ4n) is 1.75. The van der Waals surface area contributed by atoms with Gasteiger partial charge in [-0.05, 0) is 12.8 Å². The van der Waals surface area contributed by atoms with Gasteiger partial charge in [0.25, 0.3) is 0 Å². The first kappa shape index (κ1) is 10.3. The van der Waals surface area contributed by atoms with E-state index in [1.165, 1.54) is 0 Å². The molecule has 0 atom stereocenters. The van der Waals surface area contributed by atoms with Gasteiger partial charge in [0, 0.05) is 12.6 Å². The van der Waals surface area contributed by atoms with Crippen molar-refractivity contribution in [2.75, 3.05) is 17.7 Å². The number of hydrogen-bond acceptors (Lipinski definition) is 6. The molecule has 2 aromatic rings. The van der Waals surface area contributed by atoms with Gasteiger partial charge < -0.3 is 20.7 Å². The van der Waals surface area contributed by atoms with Crippen LogP contribution in [0.3, 0.4) is 0 Å². The van der Waals surface area contributed by atoms with Crippen LogP contribution in [0.25, 0.3) is 11.2 Å². The van der Waals surface area contributed by atoms with E-state index in [0.29, 0.717) is 29.6 Å². The summed E-state index contributed by atoms with van der Waals surface area (Å²) in [5.74, 6) is 0.909. The van der Waals surface area contributed by atoms with E-state index in [9.17, 15) is 0 Å². The Morgan fingerprint density at radius 3 is 3.00 bits per heavy atom. The zero-order valence-electron chi connectivity index (χ0n) is 9.30. The number of anilines is 2. The van der Waals surface area contributed by atoms with Crippen molar-refractivity contribution < 1.29 is 5.11 Å². The summed E-state index contributed by atoms with van der Waals surface area (Å²) in [6.07, 6.45) is 3.96. The number of aromatic nitrogens is 4. The molecule has 0 aromatic carbocycles. The first-order chi connectivity index (χ1) is 8.28. The van der Waals surface area contributed by atoms with Crippen molar-refractivity contribution >= 4 is 22.9 Å². The van der Waals surface area contributed by atoms with E-state index in [-0.39, 0.29) is 12.6 Å². The van der Waals surface area contributed by atoms with Crippen molar-refractivity contribution in [2.24, 2.45) is 0 Å². The van der Waals surface area contributed by atoms with Crippen LogP contribution in [0.5, 0.6) is 0 Å². The predicted octanol–water partition coefficient (Wildman–Crippen LogP) is -0.0249. The number of rotatable bonds is 4. The van der Waals surface area contributed by atoms with E-state index in [1.807, 2.05) is 0 Å². The summed E-state index contributed by atoms with van der Waals surface area (Å²) in [5.41, 5.74) is 7.05. The number of aliphatic hydroxyl groups excluding tert-OH is 1. The van der Waals surface area contributed by atoms with Gasteiger partial charge in [-0.25, -0.2) is 4.98 Å². The number of imidazole rings is 1. The first-order valence-corrected chi connectivity index (χ1v) is 5.63. The summed E-state index contributed by atoms with van der Waals surface area (Å²) in [6.45, 7) is 0.497. The molecule has 1 aliphatic rings. The monoisotopic (exact) mass is 234 g/mol. The third-order valence-corrected chi connectivity index (χ3v) is 2.74. The molecule has 7 heteroatoms. The average Bonchev–Trinajstić information content (AvgIpc) is 3.01. The quantitative estimate of drug-likeness (QED) is 0.687. The average molecular weight is 234 g/mol. The fourth-order valence-corrected chi connectivity index (χ4v) is 1.75. The first-order valence-electron chi connectivity index (χ1n) is 5.63. The van der Waals surface area contributed by atoms with Crippen molar-refractivity contribution in [1.29, 1.82) is 0 Å². The van der Waals surface area contributed by atoms with Gasteiger partial charge in [-0.3, -0.25) is 0 Å². The molecule has 1 fully saturated rings. The lowest BCUT2D eigenvalue weighted by Gasteiger charge is -2.06. The van der Waals surface area contributed by atoms with Gasteiger partial charge >= 0.3 is 0 Å². The fraction of sp³-hybridized carbons (Fsp3) is 0.500. The molecular formula is C10H14N6O. The highest BCUT2D eigenvalue weighted by atomic mass is 16.3. The second-order valence-corrected chi connectivity index (χ2v) is 4.18. The number of nitrogens with one attached hydrogen (secondary N) is 1. The normalized spacial score (nSPS) is 15.4. The van der Waals surface area contributed by atoms with Gasteiger partial charge in [0.1, 0.15) is 0 Å². The molecule has 2 heterocycles. The van der Waals surface area contributed by atoms with Gasteiger partial charge in [0.05, 0.1) is 12.9 Å². The summed E-state index contributed by atoms with van der Waals surface area (Å²) >= 11 is 0. The van der Waals surface area contributed by atoms with E-state index in [2.05, 4.69) is 20.3 Å². The molecule has 0 radical (unpaired) electrons. The Labute approximate surface area is 97.7 Å². The van der Waals surface area contributed by atoms with Crippen LogP contribution in [0, 0.1) is 0 Å². The van der Waals surface area contributed by atoms with Gasteiger partial charge in [0.15, 0.2) is 17.0 Å². The third kappa shape index (κ3) is 1.89. The molecule has 17 heavy (non-hydrogen) atoms. The van der Waals surface area contributed by atoms with Crippen molar-refractivity contribution in [3.63, 3.8) is 0 Å². The Balaban J connectivity index is 2.07. The van der Waals surface area contributed by atoms with Crippen molar-refractivity contribution in [3.8, 4) is 0 Å². The van der Waals surface area contributed by atoms with Gasteiger partial charge in [-0.2, -0.15) is 9.97 Å². The Hall–Kier alpha value is -1.89. The highest BCUT2D eigenvalue weighted by Crippen LogP contribution is 2.27. The molecule has 0 unspecified atom stereocenters. The Kier molecular flexibility index (Phi) is 2.32. The molecule has 0 bridgehead atoms. The molecule has 0 spiro atoms. The molecule has 0 aliphatic heterocycles. The van der Waals surface area contributed by atoms with Gasteiger partial charge in [-0.15, -0.1) is 0 Å². The van der Waals surface area contributed by atoms with E-state index in [1.54, 1.807) is 10.9 Å². The molecule has 0 amide bonds. The van der Waals surface area contributed by atoms with Gasteiger partial charge in [-0.1, -0.05) is 0 Å². The van der Waals surface area contributed by atoms with Crippen LogP contribution >= 0.6 is 0 Å². The number of hydrogen-bond donors (Lipinski definition) is 3. The zero-order chi connectivity index (χ0) is 11.8. The molecule has 7 nitrogen and oxygen atoms in total. The van der Waals surface area contributed by atoms with Crippen molar-refractivity contribution in [2.45, 2.75) is 25.4 Å². The van der Waals surface area contributed by atoms with Crippen molar-refractivity contribution in [1.82, 2.24) is 19.5 Å². The SMILES string of the molecule is Nc1nc(NC2CC2)c2ncn(CCO)c2n1. The van der Waals surface area contributed by atoms with Crippen LogP contribution in [0.1, 0.15) is 12.8 Å². The number of nitrogen functional groups attached to an aromatic ring is 1. The molecular weight excluding hydrogens is 220 g/mol.